The van der Waals surface area contributed by atoms with E-state index >= 15 is 0 Å². The first-order chi connectivity index (χ1) is 16.7. The van der Waals surface area contributed by atoms with Crippen molar-refractivity contribution >= 4 is 28.2 Å². The van der Waals surface area contributed by atoms with Crippen LogP contribution in [0.25, 0.3) is 11.1 Å². The van der Waals surface area contributed by atoms with Crippen molar-refractivity contribution in [1.82, 2.24) is 10.2 Å². The van der Waals surface area contributed by atoms with Crippen LogP contribution < -0.4 is 10.2 Å². The van der Waals surface area contributed by atoms with Gasteiger partial charge in [-0.2, -0.15) is 0 Å². The van der Waals surface area contributed by atoms with Crippen LogP contribution in [0, 0.1) is 0 Å². The Balaban J connectivity index is 1.28. The van der Waals surface area contributed by atoms with Gasteiger partial charge in [-0.1, -0.05) is 42.5 Å². The first kappa shape index (κ1) is 22.6. The average Bonchev–Trinajstić information content (AvgIpc) is 3.59. The number of nitrogens with one attached hydrogen (secondary N) is 1. The summed E-state index contributed by atoms with van der Waals surface area (Å²) in [6, 6.07) is 19.8. The lowest BCUT2D eigenvalue weighted by molar-refractivity contribution is 0.0792. The zero-order valence-corrected chi connectivity index (χ0v) is 20.0. The van der Waals surface area contributed by atoms with E-state index in [4.69, 9.17) is 4.74 Å². The average molecular weight is 476 g/mol. The lowest BCUT2D eigenvalue weighted by Crippen LogP contribution is -2.35. The number of thiophene rings is 1. The minimum Gasteiger partial charge on any atom is -0.378 e. The molecule has 0 aliphatic carbocycles. The topological polar surface area (TPSA) is 61.9 Å². The SMILES string of the molecule is O=C(NCc1ccc(C(=O)N2CCCC2)cc1)c1cc(-c2ccccc2)c(N2CCOCC2)s1. The van der Waals surface area contributed by atoms with Crippen molar-refractivity contribution in [3.05, 3.63) is 76.7 Å². The number of ether oxygens (including phenoxy) is 1. The first-order valence-corrected chi connectivity index (χ1v) is 12.7. The summed E-state index contributed by atoms with van der Waals surface area (Å²) in [6.07, 6.45) is 2.16. The first-order valence-electron chi connectivity index (χ1n) is 11.9. The Morgan fingerprint density at radius 3 is 2.32 bits per heavy atom. The van der Waals surface area contributed by atoms with Gasteiger partial charge in [-0.15, -0.1) is 11.3 Å². The minimum absolute atomic E-state index is 0.0843. The molecule has 3 aromatic rings. The molecule has 0 unspecified atom stereocenters. The maximum atomic E-state index is 13.0. The molecular weight excluding hydrogens is 446 g/mol. The van der Waals surface area contributed by atoms with Crippen molar-refractivity contribution in [2.24, 2.45) is 0 Å². The Hall–Kier alpha value is -3.16. The summed E-state index contributed by atoms with van der Waals surface area (Å²) >= 11 is 1.53. The largest absolute Gasteiger partial charge is 0.378 e. The number of hydrogen-bond acceptors (Lipinski definition) is 5. The van der Waals surface area contributed by atoms with E-state index in [0.717, 1.165) is 60.7 Å². The highest BCUT2D eigenvalue weighted by Crippen LogP contribution is 2.39. The van der Waals surface area contributed by atoms with Gasteiger partial charge in [0.1, 0.15) is 0 Å². The van der Waals surface area contributed by atoms with Gasteiger partial charge in [0.15, 0.2) is 0 Å². The van der Waals surface area contributed by atoms with Crippen LogP contribution in [-0.4, -0.2) is 56.1 Å². The number of hydrogen-bond donors (Lipinski definition) is 1. The lowest BCUT2D eigenvalue weighted by Gasteiger charge is -2.28. The second kappa shape index (κ2) is 10.4. The van der Waals surface area contributed by atoms with Crippen LogP contribution in [0.4, 0.5) is 5.00 Å². The molecule has 1 aromatic heterocycles. The molecule has 3 heterocycles. The molecule has 0 spiro atoms. The third kappa shape index (κ3) is 5.00. The minimum atomic E-state index is -0.0843. The summed E-state index contributed by atoms with van der Waals surface area (Å²) in [5, 5.41) is 4.16. The maximum absolute atomic E-state index is 13.0. The van der Waals surface area contributed by atoms with E-state index < -0.39 is 0 Å². The van der Waals surface area contributed by atoms with Crippen molar-refractivity contribution < 1.29 is 14.3 Å². The number of carbonyl (C=O) groups is 2. The summed E-state index contributed by atoms with van der Waals surface area (Å²) in [5.74, 6) is 0.00895. The van der Waals surface area contributed by atoms with Crippen molar-refractivity contribution in [2.75, 3.05) is 44.3 Å². The van der Waals surface area contributed by atoms with E-state index in [1.807, 2.05) is 53.4 Å². The highest BCUT2D eigenvalue weighted by Gasteiger charge is 2.22. The summed E-state index contributed by atoms with van der Waals surface area (Å²) in [6.45, 7) is 5.15. The molecule has 2 aromatic carbocycles. The Morgan fingerprint density at radius 1 is 0.912 bits per heavy atom. The highest BCUT2D eigenvalue weighted by molar-refractivity contribution is 7.18. The Bertz CT molecular complexity index is 1130. The normalized spacial score (nSPS) is 16.0. The molecule has 1 N–H and O–H groups in total. The molecule has 5 rings (SSSR count). The van der Waals surface area contributed by atoms with Crippen molar-refractivity contribution in [3.8, 4) is 11.1 Å². The second-order valence-electron chi connectivity index (χ2n) is 8.67. The molecule has 0 atom stereocenters. The predicted molar refractivity (Wildman–Crippen MR) is 136 cm³/mol. The number of amides is 2. The lowest BCUT2D eigenvalue weighted by atomic mass is 10.1. The Labute approximate surface area is 204 Å². The molecule has 0 radical (unpaired) electrons. The number of morpholine rings is 1. The number of likely N-dealkylation sites (tertiary alicyclic amines) is 1. The summed E-state index contributed by atoms with van der Waals surface area (Å²) < 4.78 is 5.52. The van der Waals surface area contributed by atoms with Gasteiger partial charge in [-0.25, -0.2) is 0 Å². The zero-order chi connectivity index (χ0) is 23.3. The van der Waals surface area contributed by atoms with Crippen molar-refractivity contribution in [3.63, 3.8) is 0 Å². The number of anilines is 1. The zero-order valence-electron chi connectivity index (χ0n) is 19.2. The van der Waals surface area contributed by atoms with Crippen LogP contribution in [0.3, 0.4) is 0 Å². The number of rotatable bonds is 6. The Kier molecular flexibility index (Phi) is 6.92. The van der Waals surface area contributed by atoms with Crippen LogP contribution in [0.5, 0.6) is 0 Å². The fourth-order valence-electron chi connectivity index (χ4n) is 4.46. The smallest absolute Gasteiger partial charge is 0.261 e. The molecule has 2 aliphatic heterocycles. The third-order valence-electron chi connectivity index (χ3n) is 6.37. The molecule has 34 heavy (non-hydrogen) atoms. The molecule has 0 saturated carbocycles. The van der Waals surface area contributed by atoms with Gasteiger partial charge >= 0.3 is 0 Å². The summed E-state index contributed by atoms with van der Waals surface area (Å²) in [4.78, 5) is 30.5. The third-order valence-corrected chi connectivity index (χ3v) is 7.56. The summed E-state index contributed by atoms with van der Waals surface area (Å²) in [7, 11) is 0. The van der Waals surface area contributed by atoms with Crippen molar-refractivity contribution in [1.29, 1.82) is 0 Å². The summed E-state index contributed by atoms with van der Waals surface area (Å²) in [5.41, 5.74) is 3.87. The van der Waals surface area contributed by atoms with Gasteiger partial charge in [0, 0.05) is 43.9 Å². The molecule has 2 amide bonds. The van der Waals surface area contributed by atoms with E-state index in [9.17, 15) is 9.59 Å². The molecule has 7 heteroatoms. The Morgan fingerprint density at radius 2 is 1.62 bits per heavy atom. The van der Waals surface area contributed by atoms with Crippen LogP contribution in [0.1, 0.15) is 38.4 Å². The van der Waals surface area contributed by atoms with E-state index in [0.29, 0.717) is 30.2 Å². The fourth-order valence-corrected chi connectivity index (χ4v) is 5.60. The van der Waals surface area contributed by atoms with Crippen LogP contribution in [0.15, 0.2) is 60.7 Å². The molecule has 6 nitrogen and oxygen atoms in total. The second-order valence-corrected chi connectivity index (χ2v) is 9.70. The molecule has 2 aliphatic rings. The quantitative estimate of drug-likeness (QED) is 0.573. The highest BCUT2D eigenvalue weighted by atomic mass is 32.1. The van der Waals surface area contributed by atoms with Gasteiger partial charge in [0.2, 0.25) is 0 Å². The van der Waals surface area contributed by atoms with E-state index in [-0.39, 0.29) is 11.8 Å². The molecule has 2 saturated heterocycles. The van der Waals surface area contributed by atoms with Gasteiger partial charge in [-0.3, -0.25) is 9.59 Å². The van der Waals surface area contributed by atoms with Gasteiger partial charge in [0.05, 0.1) is 23.1 Å². The van der Waals surface area contributed by atoms with E-state index in [1.165, 1.54) is 11.3 Å². The van der Waals surface area contributed by atoms with E-state index in [1.54, 1.807) is 0 Å². The van der Waals surface area contributed by atoms with Crippen LogP contribution >= 0.6 is 11.3 Å². The van der Waals surface area contributed by atoms with Gasteiger partial charge in [0.25, 0.3) is 11.8 Å². The maximum Gasteiger partial charge on any atom is 0.261 e. The molecule has 0 bridgehead atoms. The standard InChI is InChI=1S/C27H29N3O3S/c31-25(28-19-20-8-10-22(11-9-20)26(32)29-12-4-5-13-29)24-18-23(21-6-2-1-3-7-21)27(34-24)30-14-16-33-17-15-30/h1-3,6-11,18H,4-5,12-17,19H2,(H,28,31). The van der Waals surface area contributed by atoms with Crippen LogP contribution in [0.2, 0.25) is 0 Å². The number of nitrogens with zero attached hydrogens (tertiary/aromatic N) is 2. The number of carbonyl (C=O) groups excluding carboxylic acids is 2. The fraction of sp³-hybridized carbons (Fsp3) is 0.333. The van der Waals surface area contributed by atoms with Crippen molar-refractivity contribution in [2.45, 2.75) is 19.4 Å². The molecule has 2 fully saturated rings. The predicted octanol–water partition coefficient (Wildman–Crippen LogP) is 4.42. The van der Waals surface area contributed by atoms with E-state index in [2.05, 4.69) is 22.3 Å². The van der Waals surface area contributed by atoms with Gasteiger partial charge < -0.3 is 19.9 Å². The molecular formula is C27H29N3O3S. The molecule has 176 valence electrons. The van der Waals surface area contributed by atoms with Gasteiger partial charge in [-0.05, 0) is 42.2 Å². The van der Waals surface area contributed by atoms with Crippen LogP contribution in [-0.2, 0) is 11.3 Å². The number of benzene rings is 2. The monoisotopic (exact) mass is 475 g/mol.